The van der Waals surface area contributed by atoms with Gasteiger partial charge >= 0.3 is 0 Å². The van der Waals surface area contributed by atoms with E-state index in [1.54, 1.807) is 24.3 Å². The molecule has 0 aliphatic heterocycles. The third-order valence-corrected chi connectivity index (χ3v) is 3.58. The maximum Gasteiger partial charge on any atom is 0.259 e. The fraction of sp³-hybridized carbons (Fsp3) is 0.211. The summed E-state index contributed by atoms with van der Waals surface area (Å²) in [4.78, 5) is 13.6. The van der Waals surface area contributed by atoms with Crippen LogP contribution < -0.4 is 0 Å². The lowest BCUT2D eigenvalue weighted by Crippen LogP contribution is -2.29. The molecule has 0 bridgehead atoms. The summed E-state index contributed by atoms with van der Waals surface area (Å²) in [5.74, 6) is -2.33. The van der Waals surface area contributed by atoms with E-state index in [1.165, 1.54) is 24.1 Å². The molecule has 2 rings (SSSR count). The van der Waals surface area contributed by atoms with Crippen LogP contribution in [0.1, 0.15) is 23.7 Å². The van der Waals surface area contributed by atoms with Gasteiger partial charge in [-0.3, -0.25) is 4.79 Å². The molecule has 0 saturated carbocycles. The lowest BCUT2D eigenvalue weighted by molar-refractivity contribution is 0.0788. The second-order valence-corrected chi connectivity index (χ2v) is 5.27. The van der Waals surface area contributed by atoms with Crippen LogP contribution in [0.3, 0.4) is 0 Å². The van der Waals surface area contributed by atoms with E-state index in [9.17, 15) is 13.6 Å². The Bertz CT molecular complexity index is 688. The quantitative estimate of drug-likeness (QED) is 0.734. The lowest BCUT2D eigenvalue weighted by Gasteiger charge is -2.17. The standard InChI is InChI=1S/C19H19F2NO/c1-3-4-8-11-22(2)19(23)18-16(20)12-15(13-17(18)21)14-9-6-5-7-10-14/h3-7,9-10,12-13H,8,11H2,1-2H3/b4-3-. The minimum atomic E-state index is -0.841. The first-order valence-corrected chi connectivity index (χ1v) is 7.45. The minimum Gasteiger partial charge on any atom is -0.341 e. The van der Waals surface area contributed by atoms with Gasteiger partial charge in [-0.25, -0.2) is 8.78 Å². The largest absolute Gasteiger partial charge is 0.341 e. The average Bonchev–Trinajstić information content (AvgIpc) is 2.55. The van der Waals surface area contributed by atoms with Crippen molar-refractivity contribution in [3.63, 3.8) is 0 Å². The number of allylic oxidation sites excluding steroid dienone is 1. The molecule has 2 nitrogen and oxygen atoms in total. The van der Waals surface area contributed by atoms with Crippen LogP contribution in [-0.2, 0) is 0 Å². The Morgan fingerprint density at radius 1 is 1.09 bits per heavy atom. The SMILES string of the molecule is C/C=C\CCN(C)C(=O)c1c(F)cc(-c2ccccc2)cc1F. The predicted octanol–water partition coefficient (Wildman–Crippen LogP) is 4.67. The van der Waals surface area contributed by atoms with Crippen LogP contribution in [-0.4, -0.2) is 24.4 Å². The number of benzene rings is 2. The Morgan fingerprint density at radius 3 is 2.26 bits per heavy atom. The van der Waals surface area contributed by atoms with Crippen molar-refractivity contribution in [2.45, 2.75) is 13.3 Å². The zero-order valence-electron chi connectivity index (χ0n) is 13.2. The molecule has 0 spiro atoms. The first kappa shape index (κ1) is 16.9. The molecule has 0 saturated heterocycles. The van der Waals surface area contributed by atoms with E-state index in [-0.39, 0.29) is 0 Å². The second-order valence-electron chi connectivity index (χ2n) is 5.27. The molecular formula is C19H19F2NO. The molecule has 0 aliphatic carbocycles. The third kappa shape index (κ3) is 4.03. The van der Waals surface area contributed by atoms with Crippen LogP contribution in [0.2, 0.25) is 0 Å². The lowest BCUT2D eigenvalue weighted by atomic mass is 10.0. The molecule has 0 aliphatic rings. The molecule has 0 aromatic heterocycles. The van der Waals surface area contributed by atoms with Gasteiger partial charge in [-0.05, 0) is 36.6 Å². The van der Waals surface area contributed by atoms with Crippen molar-refractivity contribution >= 4 is 5.91 Å². The van der Waals surface area contributed by atoms with Gasteiger partial charge in [-0.2, -0.15) is 0 Å². The summed E-state index contributed by atoms with van der Waals surface area (Å²) in [6.07, 6.45) is 4.41. The van der Waals surface area contributed by atoms with Crippen molar-refractivity contribution in [2.75, 3.05) is 13.6 Å². The number of halogens is 2. The molecule has 2 aromatic carbocycles. The first-order valence-electron chi connectivity index (χ1n) is 7.45. The highest BCUT2D eigenvalue weighted by molar-refractivity contribution is 5.95. The van der Waals surface area contributed by atoms with Crippen LogP contribution in [0.4, 0.5) is 8.78 Å². The Kier molecular flexibility index (Phi) is 5.63. The number of amides is 1. The predicted molar refractivity (Wildman–Crippen MR) is 88.2 cm³/mol. The van der Waals surface area contributed by atoms with Crippen molar-refractivity contribution in [2.24, 2.45) is 0 Å². The Labute approximate surface area is 135 Å². The van der Waals surface area contributed by atoms with Crippen LogP contribution in [0.25, 0.3) is 11.1 Å². The van der Waals surface area contributed by atoms with E-state index in [2.05, 4.69) is 0 Å². The zero-order chi connectivity index (χ0) is 16.8. The van der Waals surface area contributed by atoms with Crippen molar-refractivity contribution in [3.8, 4) is 11.1 Å². The zero-order valence-corrected chi connectivity index (χ0v) is 13.2. The molecule has 2 aromatic rings. The van der Waals surface area contributed by atoms with Gasteiger partial charge in [-0.15, -0.1) is 0 Å². The molecule has 0 fully saturated rings. The molecule has 0 N–H and O–H groups in total. The summed E-state index contributed by atoms with van der Waals surface area (Å²) in [7, 11) is 1.54. The van der Waals surface area contributed by atoms with Gasteiger partial charge < -0.3 is 4.90 Å². The molecule has 120 valence electrons. The number of carbonyl (C=O) groups excluding carboxylic acids is 1. The van der Waals surface area contributed by atoms with Crippen molar-refractivity contribution in [3.05, 3.63) is 71.8 Å². The van der Waals surface area contributed by atoms with Crippen LogP contribution in [0, 0.1) is 11.6 Å². The summed E-state index contributed by atoms with van der Waals surface area (Å²) in [5.41, 5.74) is 0.604. The summed E-state index contributed by atoms with van der Waals surface area (Å²) >= 11 is 0. The molecule has 0 radical (unpaired) electrons. The van der Waals surface area contributed by atoms with Gasteiger partial charge in [0.2, 0.25) is 0 Å². The summed E-state index contributed by atoms with van der Waals surface area (Å²) in [6, 6.07) is 11.3. The summed E-state index contributed by atoms with van der Waals surface area (Å²) in [6.45, 7) is 2.28. The van der Waals surface area contributed by atoms with Crippen molar-refractivity contribution in [1.82, 2.24) is 4.90 Å². The summed E-state index contributed by atoms with van der Waals surface area (Å²) < 4.78 is 28.6. The average molecular weight is 315 g/mol. The highest BCUT2D eigenvalue weighted by Gasteiger charge is 2.21. The van der Waals surface area contributed by atoms with Gasteiger partial charge in [0.1, 0.15) is 17.2 Å². The molecule has 0 unspecified atom stereocenters. The highest BCUT2D eigenvalue weighted by atomic mass is 19.1. The van der Waals surface area contributed by atoms with Gasteiger partial charge in [0.25, 0.3) is 5.91 Å². The van der Waals surface area contributed by atoms with E-state index in [1.807, 2.05) is 25.1 Å². The van der Waals surface area contributed by atoms with Crippen molar-refractivity contribution < 1.29 is 13.6 Å². The monoisotopic (exact) mass is 315 g/mol. The normalized spacial score (nSPS) is 11.0. The van der Waals surface area contributed by atoms with Gasteiger partial charge in [0.05, 0.1) is 0 Å². The van der Waals surface area contributed by atoms with E-state index < -0.39 is 23.1 Å². The molecule has 23 heavy (non-hydrogen) atoms. The van der Waals surface area contributed by atoms with E-state index >= 15 is 0 Å². The molecular weight excluding hydrogens is 296 g/mol. The number of hydrogen-bond acceptors (Lipinski definition) is 1. The first-order chi connectivity index (χ1) is 11.0. The minimum absolute atomic E-state index is 0.405. The topological polar surface area (TPSA) is 20.3 Å². The van der Waals surface area contributed by atoms with Gasteiger partial charge in [0.15, 0.2) is 0 Å². The van der Waals surface area contributed by atoms with E-state index in [4.69, 9.17) is 0 Å². The van der Waals surface area contributed by atoms with Crippen LogP contribution >= 0.6 is 0 Å². The molecule has 0 heterocycles. The number of hydrogen-bond donors (Lipinski definition) is 0. The van der Waals surface area contributed by atoms with E-state index in [0.29, 0.717) is 24.1 Å². The second kappa shape index (κ2) is 7.68. The third-order valence-electron chi connectivity index (χ3n) is 3.58. The Balaban J connectivity index is 2.28. The van der Waals surface area contributed by atoms with E-state index in [0.717, 1.165) is 0 Å². The number of nitrogens with zero attached hydrogens (tertiary/aromatic N) is 1. The number of rotatable bonds is 5. The Hall–Kier alpha value is -2.49. The van der Waals surface area contributed by atoms with Crippen molar-refractivity contribution in [1.29, 1.82) is 0 Å². The summed E-state index contributed by atoms with van der Waals surface area (Å²) in [5, 5.41) is 0. The van der Waals surface area contributed by atoms with Gasteiger partial charge in [0, 0.05) is 13.6 Å². The fourth-order valence-corrected chi connectivity index (χ4v) is 2.30. The maximum absolute atomic E-state index is 14.3. The van der Waals surface area contributed by atoms with Crippen LogP contribution in [0.5, 0.6) is 0 Å². The smallest absolute Gasteiger partial charge is 0.259 e. The van der Waals surface area contributed by atoms with Gasteiger partial charge in [-0.1, -0.05) is 42.5 Å². The molecule has 4 heteroatoms. The molecule has 0 atom stereocenters. The highest BCUT2D eigenvalue weighted by Crippen LogP contribution is 2.25. The Morgan fingerprint density at radius 2 is 1.70 bits per heavy atom. The molecule has 1 amide bonds. The fourth-order valence-electron chi connectivity index (χ4n) is 2.30. The number of carbonyl (C=O) groups is 1. The maximum atomic E-state index is 14.3. The van der Waals surface area contributed by atoms with Crippen LogP contribution in [0.15, 0.2) is 54.6 Å².